The van der Waals surface area contributed by atoms with E-state index in [0.717, 1.165) is 57.8 Å². The van der Waals surface area contributed by atoms with Crippen molar-refractivity contribution in [2.75, 3.05) is 6.61 Å². The van der Waals surface area contributed by atoms with E-state index in [1.165, 1.54) is 77.0 Å². The van der Waals surface area contributed by atoms with Crippen LogP contribution in [0.1, 0.15) is 162 Å². The van der Waals surface area contributed by atoms with Crippen LogP contribution in [0.3, 0.4) is 0 Å². The summed E-state index contributed by atoms with van der Waals surface area (Å²) in [4.78, 5) is 12.3. The molecule has 43 heavy (non-hydrogen) atoms. The normalized spacial score (nSPS) is 13.9. The fraction of sp³-hybridized carbons (Fsp3) is 0.718. The summed E-state index contributed by atoms with van der Waals surface area (Å²) in [6.45, 7) is 4.26. The third-order valence-electron chi connectivity index (χ3n) is 7.75. The predicted octanol–water partition coefficient (Wildman–Crippen LogP) is 10.6. The smallest absolute Gasteiger partial charge is 0.220 e. The number of nitrogens with one attached hydrogen (secondary N) is 1. The zero-order chi connectivity index (χ0) is 31.5. The second-order valence-electron chi connectivity index (χ2n) is 11.9. The Morgan fingerprint density at radius 1 is 0.558 bits per heavy atom. The van der Waals surface area contributed by atoms with Crippen molar-refractivity contribution in [3.8, 4) is 0 Å². The summed E-state index contributed by atoms with van der Waals surface area (Å²) in [6, 6.07) is -0.581. The monoisotopic (exact) mass is 600 g/mol. The topological polar surface area (TPSA) is 69.6 Å². The van der Waals surface area contributed by atoms with E-state index in [0.29, 0.717) is 12.8 Å². The third-order valence-corrected chi connectivity index (χ3v) is 7.75. The highest BCUT2D eigenvalue weighted by Gasteiger charge is 2.19. The van der Waals surface area contributed by atoms with Crippen molar-refractivity contribution in [2.24, 2.45) is 0 Å². The molecule has 0 fully saturated rings. The first-order chi connectivity index (χ1) is 21.2. The molecule has 4 nitrogen and oxygen atoms in total. The molecule has 4 heteroatoms. The highest BCUT2D eigenvalue weighted by Crippen LogP contribution is 2.11. The minimum atomic E-state index is -0.704. The molecule has 0 radical (unpaired) electrons. The van der Waals surface area contributed by atoms with Gasteiger partial charge in [0.1, 0.15) is 0 Å². The number of aliphatic hydroxyl groups is 2. The highest BCUT2D eigenvalue weighted by molar-refractivity contribution is 5.76. The molecule has 248 valence electrons. The first kappa shape index (κ1) is 41.1. The maximum atomic E-state index is 12.3. The standard InChI is InChI=1S/C39H69NO3/c1-3-5-7-9-11-13-15-16-17-18-19-20-21-22-23-24-25-27-29-31-33-35-39(43)40-37(36-41)38(42)34-32-30-28-26-14-12-10-8-6-4-2/h14,17-18,20-21,23-24,26-27,29,37-38,41-42H,3-13,15-16,19,22,25,28,30-36H2,1-2H3,(H,40,43)/b18-17+,21-20+,24-23+,26-14+,29-27+/t37-,38+/m0/s1. The molecule has 0 aliphatic carbocycles. The lowest BCUT2D eigenvalue weighted by molar-refractivity contribution is -0.123. The number of carbonyl (C=O) groups is 1. The van der Waals surface area contributed by atoms with Crippen LogP contribution in [0, 0.1) is 0 Å². The molecule has 0 saturated heterocycles. The van der Waals surface area contributed by atoms with Crippen LogP contribution in [0.25, 0.3) is 0 Å². The van der Waals surface area contributed by atoms with Crippen LogP contribution in [0.4, 0.5) is 0 Å². The molecule has 0 heterocycles. The molecule has 3 N–H and O–H groups in total. The van der Waals surface area contributed by atoms with Gasteiger partial charge >= 0.3 is 0 Å². The molecule has 0 saturated carbocycles. The number of carbonyl (C=O) groups excluding carboxylic acids is 1. The van der Waals surface area contributed by atoms with Gasteiger partial charge < -0.3 is 15.5 Å². The molecule has 0 aliphatic rings. The van der Waals surface area contributed by atoms with Crippen molar-refractivity contribution in [1.82, 2.24) is 5.32 Å². The van der Waals surface area contributed by atoms with Crippen LogP contribution < -0.4 is 5.32 Å². The van der Waals surface area contributed by atoms with Crippen LogP contribution in [-0.2, 0) is 4.79 Å². The van der Waals surface area contributed by atoms with Crippen molar-refractivity contribution >= 4 is 5.91 Å². The molecule has 0 rings (SSSR count). The van der Waals surface area contributed by atoms with E-state index < -0.39 is 12.1 Å². The van der Waals surface area contributed by atoms with E-state index in [1.807, 2.05) is 0 Å². The van der Waals surface area contributed by atoms with Crippen LogP contribution in [0.2, 0.25) is 0 Å². The minimum Gasteiger partial charge on any atom is -0.394 e. The van der Waals surface area contributed by atoms with Gasteiger partial charge in [-0.05, 0) is 77.0 Å². The number of allylic oxidation sites excluding steroid dienone is 10. The lowest BCUT2D eigenvalue weighted by Gasteiger charge is -2.22. The Kier molecular flexibility index (Phi) is 33.0. The molecule has 0 unspecified atom stereocenters. The van der Waals surface area contributed by atoms with Gasteiger partial charge in [-0.1, -0.05) is 139 Å². The fourth-order valence-electron chi connectivity index (χ4n) is 4.93. The Hall–Kier alpha value is -1.91. The van der Waals surface area contributed by atoms with E-state index in [2.05, 4.69) is 79.9 Å². The zero-order valence-electron chi connectivity index (χ0n) is 28.2. The Bertz CT molecular complexity index is 737. The van der Waals surface area contributed by atoms with E-state index in [-0.39, 0.29) is 12.5 Å². The molecule has 0 aromatic heterocycles. The van der Waals surface area contributed by atoms with Gasteiger partial charge in [-0.2, -0.15) is 0 Å². The average molecular weight is 600 g/mol. The molecule has 0 aromatic carbocycles. The van der Waals surface area contributed by atoms with Crippen molar-refractivity contribution < 1.29 is 15.0 Å². The molecule has 0 bridgehead atoms. The molecule has 1 amide bonds. The second kappa shape index (κ2) is 34.6. The Balaban J connectivity index is 3.75. The molecule has 0 aromatic rings. The van der Waals surface area contributed by atoms with Gasteiger partial charge in [0, 0.05) is 6.42 Å². The largest absolute Gasteiger partial charge is 0.394 e. The zero-order valence-corrected chi connectivity index (χ0v) is 28.2. The van der Waals surface area contributed by atoms with Gasteiger partial charge in [-0.25, -0.2) is 0 Å². The lowest BCUT2D eigenvalue weighted by atomic mass is 10.0. The molecular weight excluding hydrogens is 530 g/mol. The summed E-state index contributed by atoms with van der Waals surface area (Å²) in [5.41, 5.74) is 0. The van der Waals surface area contributed by atoms with Crippen LogP contribution in [0.5, 0.6) is 0 Å². The Labute approximate surface area is 266 Å². The third kappa shape index (κ3) is 31.3. The first-order valence-electron chi connectivity index (χ1n) is 18.0. The van der Waals surface area contributed by atoms with Crippen molar-refractivity contribution in [3.05, 3.63) is 60.8 Å². The maximum Gasteiger partial charge on any atom is 0.220 e. The summed E-state index contributed by atoms with van der Waals surface area (Å²) >= 11 is 0. The quantitative estimate of drug-likeness (QED) is 0.0548. The maximum absolute atomic E-state index is 12.3. The van der Waals surface area contributed by atoms with Gasteiger partial charge in [0.2, 0.25) is 5.91 Å². The highest BCUT2D eigenvalue weighted by atomic mass is 16.3. The Morgan fingerprint density at radius 3 is 1.47 bits per heavy atom. The minimum absolute atomic E-state index is 0.100. The van der Waals surface area contributed by atoms with E-state index >= 15 is 0 Å². The fourth-order valence-corrected chi connectivity index (χ4v) is 4.93. The van der Waals surface area contributed by atoms with Crippen LogP contribution in [-0.4, -0.2) is 34.9 Å². The van der Waals surface area contributed by atoms with Gasteiger partial charge in [-0.3, -0.25) is 4.79 Å². The van der Waals surface area contributed by atoms with Crippen molar-refractivity contribution in [3.63, 3.8) is 0 Å². The van der Waals surface area contributed by atoms with Gasteiger partial charge in [0.15, 0.2) is 0 Å². The average Bonchev–Trinajstić information content (AvgIpc) is 3.01. The van der Waals surface area contributed by atoms with E-state index in [4.69, 9.17) is 0 Å². The summed E-state index contributed by atoms with van der Waals surface area (Å²) < 4.78 is 0. The number of unbranched alkanes of at least 4 members (excludes halogenated alkanes) is 14. The van der Waals surface area contributed by atoms with Gasteiger partial charge in [0.05, 0.1) is 18.8 Å². The first-order valence-corrected chi connectivity index (χ1v) is 18.0. The van der Waals surface area contributed by atoms with Gasteiger partial charge in [0.25, 0.3) is 0 Å². The van der Waals surface area contributed by atoms with Crippen molar-refractivity contribution in [2.45, 2.75) is 174 Å². The van der Waals surface area contributed by atoms with Gasteiger partial charge in [-0.15, -0.1) is 0 Å². The summed E-state index contributed by atoms with van der Waals surface area (Å²) in [7, 11) is 0. The van der Waals surface area contributed by atoms with Crippen LogP contribution >= 0.6 is 0 Å². The number of rotatable bonds is 31. The van der Waals surface area contributed by atoms with E-state index in [1.54, 1.807) is 0 Å². The number of hydrogen-bond donors (Lipinski definition) is 3. The summed E-state index contributed by atoms with van der Waals surface area (Å²) in [5.74, 6) is -0.100. The second-order valence-corrected chi connectivity index (χ2v) is 11.9. The number of aliphatic hydroxyl groups excluding tert-OH is 2. The van der Waals surface area contributed by atoms with Crippen LogP contribution in [0.15, 0.2) is 60.8 Å². The SMILES string of the molecule is CCCCCC/C=C/CCCC[C@@H](O)[C@H](CO)NC(=O)CCC/C=C/C/C=C/C/C=C/C/C=C/CCCCCCCCC. The predicted molar refractivity (Wildman–Crippen MR) is 188 cm³/mol. The summed E-state index contributed by atoms with van der Waals surface area (Å²) in [5, 5.41) is 22.9. The lowest BCUT2D eigenvalue weighted by Crippen LogP contribution is -2.45. The number of hydrogen-bond acceptors (Lipinski definition) is 3. The summed E-state index contributed by atoms with van der Waals surface area (Å²) in [6.07, 6.45) is 47.1. The molecule has 2 atom stereocenters. The van der Waals surface area contributed by atoms with E-state index in [9.17, 15) is 15.0 Å². The molecular formula is C39H69NO3. The Morgan fingerprint density at radius 2 is 0.953 bits per heavy atom. The number of amides is 1. The molecule has 0 spiro atoms. The molecule has 0 aliphatic heterocycles. The van der Waals surface area contributed by atoms with Crippen molar-refractivity contribution in [1.29, 1.82) is 0 Å².